The van der Waals surface area contributed by atoms with Gasteiger partial charge in [-0.3, -0.25) is 4.79 Å². The molecule has 0 saturated heterocycles. The molecular weight excluding hydrogens is 353 g/mol. The van der Waals surface area contributed by atoms with Crippen molar-refractivity contribution in [1.82, 2.24) is 5.32 Å². The first-order chi connectivity index (χ1) is 12.5. The van der Waals surface area contributed by atoms with Gasteiger partial charge in [-0.2, -0.15) is 0 Å². The zero-order valence-electron chi connectivity index (χ0n) is 15.3. The number of ether oxygens (including phenoxy) is 2. The van der Waals surface area contributed by atoms with Gasteiger partial charge < -0.3 is 14.8 Å². The van der Waals surface area contributed by atoms with Crippen LogP contribution in [0.2, 0.25) is 0 Å². The van der Waals surface area contributed by atoms with Crippen LogP contribution >= 0.6 is 11.8 Å². The van der Waals surface area contributed by atoms with Crippen LogP contribution in [0, 0.1) is 5.82 Å². The van der Waals surface area contributed by atoms with E-state index in [1.54, 1.807) is 26.4 Å². The molecule has 0 spiro atoms. The molecule has 1 N–H and O–H groups in total. The van der Waals surface area contributed by atoms with Crippen molar-refractivity contribution in [2.45, 2.75) is 29.9 Å². The summed E-state index contributed by atoms with van der Waals surface area (Å²) in [6.45, 7) is 2.46. The molecule has 6 heteroatoms. The Bertz CT molecular complexity index is 721. The quantitative estimate of drug-likeness (QED) is 0.529. The number of rotatable bonds is 9. The summed E-state index contributed by atoms with van der Waals surface area (Å²) >= 11 is 1.47. The van der Waals surface area contributed by atoms with E-state index in [2.05, 4.69) is 5.32 Å². The lowest BCUT2D eigenvalue weighted by Crippen LogP contribution is -2.31. The first-order valence-electron chi connectivity index (χ1n) is 8.44. The highest BCUT2D eigenvalue weighted by molar-refractivity contribution is 8.00. The summed E-state index contributed by atoms with van der Waals surface area (Å²) in [6, 6.07) is 12.0. The molecule has 0 aromatic heterocycles. The predicted octanol–water partition coefficient (Wildman–Crippen LogP) is 4.07. The molecule has 2 rings (SSSR count). The van der Waals surface area contributed by atoms with E-state index in [9.17, 15) is 9.18 Å². The fourth-order valence-corrected chi connectivity index (χ4v) is 3.37. The lowest BCUT2D eigenvalue weighted by Gasteiger charge is -2.14. The minimum Gasteiger partial charge on any atom is -0.493 e. The van der Waals surface area contributed by atoms with Gasteiger partial charge in [0.15, 0.2) is 11.5 Å². The number of amides is 1. The van der Waals surface area contributed by atoms with Crippen molar-refractivity contribution in [3.05, 3.63) is 53.8 Å². The Morgan fingerprint density at radius 2 is 1.81 bits per heavy atom. The van der Waals surface area contributed by atoms with Gasteiger partial charge in [0.25, 0.3) is 0 Å². The molecular formula is C20H24FNO3S. The maximum Gasteiger partial charge on any atom is 0.233 e. The second-order valence-electron chi connectivity index (χ2n) is 5.80. The smallest absolute Gasteiger partial charge is 0.233 e. The second-order valence-corrected chi connectivity index (χ2v) is 7.21. The van der Waals surface area contributed by atoms with E-state index in [0.717, 1.165) is 23.3 Å². The van der Waals surface area contributed by atoms with E-state index in [1.807, 2.05) is 25.1 Å². The highest BCUT2D eigenvalue weighted by Crippen LogP contribution is 2.33. The minimum atomic E-state index is -0.233. The fourth-order valence-electron chi connectivity index (χ4n) is 2.45. The molecule has 0 aliphatic heterocycles. The monoisotopic (exact) mass is 377 g/mol. The molecule has 2 aromatic rings. The number of carbonyl (C=O) groups is 1. The number of carbonyl (C=O) groups excluding carboxylic acids is 1. The molecule has 140 valence electrons. The lowest BCUT2D eigenvalue weighted by atomic mass is 10.1. The summed E-state index contributed by atoms with van der Waals surface area (Å²) in [6.07, 6.45) is 1.61. The van der Waals surface area contributed by atoms with Gasteiger partial charge in [-0.05, 0) is 55.7 Å². The van der Waals surface area contributed by atoms with Gasteiger partial charge in [-0.25, -0.2) is 4.39 Å². The average molecular weight is 377 g/mol. The topological polar surface area (TPSA) is 47.6 Å². The summed E-state index contributed by atoms with van der Waals surface area (Å²) in [5.74, 6) is 1.06. The van der Waals surface area contributed by atoms with Gasteiger partial charge in [0.1, 0.15) is 5.82 Å². The Labute approximate surface area is 158 Å². The molecule has 0 saturated carbocycles. The number of thioether (sulfide) groups is 1. The fraction of sp³-hybridized carbons (Fsp3) is 0.350. The predicted molar refractivity (Wildman–Crippen MR) is 103 cm³/mol. The van der Waals surface area contributed by atoms with Gasteiger partial charge in [0.05, 0.1) is 19.5 Å². The summed E-state index contributed by atoms with van der Waals surface area (Å²) in [7, 11) is 3.18. The van der Waals surface area contributed by atoms with Crippen LogP contribution in [0.4, 0.5) is 4.39 Å². The molecule has 0 bridgehead atoms. The number of aryl methyl sites for hydroxylation is 1. The first kappa shape index (κ1) is 20.1. The van der Waals surface area contributed by atoms with Crippen LogP contribution in [0.1, 0.15) is 18.9 Å². The Hall–Kier alpha value is -2.21. The van der Waals surface area contributed by atoms with Crippen molar-refractivity contribution in [2.75, 3.05) is 20.8 Å². The van der Waals surface area contributed by atoms with Crippen molar-refractivity contribution in [3.8, 4) is 11.5 Å². The van der Waals surface area contributed by atoms with Gasteiger partial charge in [0, 0.05) is 11.4 Å². The highest BCUT2D eigenvalue weighted by atomic mass is 32.2. The van der Waals surface area contributed by atoms with Gasteiger partial charge in [-0.1, -0.05) is 12.1 Å². The normalized spacial score (nSPS) is 11.7. The Morgan fingerprint density at radius 3 is 2.46 bits per heavy atom. The maximum atomic E-state index is 12.9. The van der Waals surface area contributed by atoms with Crippen LogP contribution in [0.5, 0.6) is 11.5 Å². The van der Waals surface area contributed by atoms with Crippen LogP contribution in [-0.4, -0.2) is 31.9 Å². The molecule has 0 fully saturated rings. The zero-order valence-corrected chi connectivity index (χ0v) is 16.1. The van der Waals surface area contributed by atoms with E-state index < -0.39 is 0 Å². The molecule has 0 heterocycles. The van der Waals surface area contributed by atoms with Crippen molar-refractivity contribution < 1.29 is 18.7 Å². The average Bonchev–Trinajstić information content (AvgIpc) is 2.66. The van der Waals surface area contributed by atoms with E-state index in [-0.39, 0.29) is 17.0 Å². The summed E-state index contributed by atoms with van der Waals surface area (Å²) in [5, 5.41) is 2.72. The van der Waals surface area contributed by atoms with E-state index in [1.165, 1.54) is 23.9 Å². The number of halogens is 1. The Kier molecular flexibility index (Phi) is 7.78. The van der Waals surface area contributed by atoms with Gasteiger partial charge >= 0.3 is 0 Å². The number of nitrogens with one attached hydrogen (secondary N) is 1. The third-order valence-corrected chi connectivity index (χ3v) is 4.99. The molecule has 2 aromatic carbocycles. The largest absolute Gasteiger partial charge is 0.493 e. The summed E-state index contributed by atoms with van der Waals surface area (Å²) < 4.78 is 23.4. The number of hydrogen-bond acceptors (Lipinski definition) is 4. The number of hydrogen-bond donors (Lipinski definition) is 1. The standard InChI is InChI=1S/C20H24FNO3S/c1-14(26-17-10-11-18(24-2)19(13-17)25-3)20(23)22-12-4-5-15-6-8-16(21)9-7-15/h6-11,13-14H,4-5,12H2,1-3H3,(H,22,23)/t14-/m1/s1. The van der Waals surface area contributed by atoms with Crippen LogP contribution in [0.15, 0.2) is 47.4 Å². The lowest BCUT2D eigenvalue weighted by molar-refractivity contribution is -0.120. The minimum absolute atomic E-state index is 0.0103. The van der Waals surface area contributed by atoms with Crippen LogP contribution in [0.25, 0.3) is 0 Å². The van der Waals surface area contributed by atoms with Crippen molar-refractivity contribution in [2.24, 2.45) is 0 Å². The van der Waals surface area contributed by atoms with Gasteiger partial charge in [0.2, 0.25) is 5.91 Å². The van der Waals surface area contributed by atoms with Crippen molar-refractivity contribution in [3.63, 3.8) is 0 Å². The molecule has 1 amide bonds. The molecule has 0 unspecified atom stereocenters. The number of benzene rings is 2. The van der Waals surface area contributed by atoms with Gasteiger partial charge in [-0.15, -0.1) is 11.8 Å². The molecule has 0 aliphatic rings. The Morgan fingerprint density at radius 1 is 1.12 bits per heavy atom. The van der Waals surface area contributed by atoms with Crippen molar-refractivity contribution in [1.29, 1.82) is 0 Å². The molecule has 0 aliphatic carbocycles. The zero-order chi connectivity index (χ0) is 18.9. The van der Waals surface area contributed by atoms with E-state index in [0.29, 0.717) is 18.0 Å². The first-order valence-corrected chi connectivity index (χ1v) is 9.32. The van der Waals surface area contributed by atoms with Crippen LogP contribution < -0.4 is 14.8 Å². The summed E-state index contributed by atoms with van der Waals surface area (Å²) in [5.41, 5.74) is 1.06. The van der Waals surface area contributed by atoms with E-state index in [4.69, 9.17) is 9.47 Å². The molecule has 0 radical (unpaired) electrons. The molecule has 26 heavy (non-hydrogen) atoms. The third-order valence-electron chi connectivity index (χ3n) is 3.89. The third kappa shape index (κ3) is 5.95. The molecule has 4 nitrogen and oxygen atoms in total. The molecule has 1 atom stereocenters. The maximum absolute atomic E-state index is 12.9. The number of methoxy groups -OCH3 is 2. The highest BCUT2D eigenvalue weighted by Gasteiger charge is 2.15. The van der Waals surface area contributed by atoms with E-state index >= 15 is 0 Å². The van der Waals surface area contributed by atoms with Crippen LogP contribution in [0.3, 0.4) is 0 Å². The summed E-state index contributed by atoms with van der Waals surface area (Å²) in [4.78, 5) is 13.2. The van der Waals surface area contributed by atoms with Crippen LogP contribution in [-0.2, 0) is 11.2 Å². The second kappa shape index (κ2) is 10.1. The van der Waals surface area contributed by atoms with Crippen molar-refractivity contribution >= 4 is 17.7 Å². The SMILES string of the molecule is COc1ccc(S[C@H](C)C(=O)NCCCc2ccc(F)cc2)cc1OC. The Balaban J connectivity index is 1.77.